The molecule has 5 heteroatoms. The monoisotopic (exact) mass is 424 g/mol. The molecular weight excluding hydrogens is 388 g/mol. The highest BCUT2D eigenvalue weighted by atomic mass is 16.6. The molecule has 1 aromatic carbocycles. The quantitative estimate of drug-likeness (QED) is 0.780. The second-order valence-electron chi connectivity index (χ2n) is 11.1. The lowest BCUT2D eigenvalue weighted by Gasteiger charge is -2.55. The zero-order chi connectivity index (χ0) is 20.8. The summed E-state index contributed by atoms with van der Waals surface area (Å²) in [6, 6.07) is 7.93. The second kappa shape index (κ2) is 7.99. The van der Waals surface area contributed by atoms with Crippen molar-refractivity contribution < 1.29 is 14.3 Å². The molecule has 1 N–H and O–H groups in total. The van der Waals surface area contributed by atoms with Crippen molar-refractivity contribution in [3.63, 3.8) is 0 Å². The van der Waals surface area contributed by atoms with Crippen molar-refractivity contribution in [3.8, 4) is 11.5 Å². The summed E-state index contributed by atoms with van der Waals surface area (Å²) in [6.07, 6.45) is 10.1. The molecule has 0 aromatic heterocycles. The van der Waals surface area contributed by atoms with E-state index >= 15 is 0 Å². The maximum Gasteiger partial charge on any atom is 0.226 e. The Labute approximate surface area is 185 Å². The van der Waals surface area contributed by atoms with Gasteiger partial charge in [0.2, 0.25) is 5.91 Å². The maximum atomic E-state index is 13.2. The first-order chi connectivity index (χ1) is 15.1. The number of nitrogens with one attached hydrogen (secondary N) is 1. The molecular formula is C26H36N2O3. The number of carbonyl (C=O) groups is 1. The Kier molecular flexibility index (Phi) is 5.13. The molecule has 6 aliphatic rings. The lowest BCUT2D eigenvalue weighted by Crippen LogP contribution is -2.54. The smallest absolute Gasteiger partial charge is 0.226 e. The van der Waals surface area contributed by atoms with Crippen LogP contribution in [0.15, 0.2) is 24.3 Å². The van der Waals surface area contributed by atoms with E-state index in [0.29, 0.717) is 18.4 Å². The Bertz CT molecular complexity index is 781. The summed E-state index contributed by atoms with van der Waals surface area (Å²) in [4.78, 5) is 15.7. The van der Waals surface area contributed by atoms with Crippen LogP contribution >= 0.6 is 0 Å². The van der Waals surface area contributed by atoms with E-state index in [0.717, 1.165) is 87.5 Å². The van der Waals surface area contributed by atoms with E-state index in [2.05, 4.69) is 10.2 Å². The molecule has 1 unspecified atom stereocenters. The molecule has 1 aromatic rings. The molecule has 5 fully saturated rings. The SMILES string of the molecule is O=C(NCC1CCN(CC2COc3ccccc3O2)CC1)C12CC3CC(CC(C3)C1)C2. The van der Waals surface area contributed by atoms with Gasteiger partial charge < -0.3 is 14.8 Å². The van der Waals surface area contributed by atoms with E-state index in [1.54, 1.807) is 0 Å². The third-order valence-electron chi connectivity index (χ3n) is 8.81. The molecule has 1 amide bonds. The molecule has 0 radical (unpaired) electrons. The molecule has 168 valence electrons. The van der Waals surface area contributed by atoms with Crippen LogP contribution in [0.5, 0.6) is 11.5 Å². The molecule has 2 heterocycles. The molecule has 31 heavy (non-hydrogen) atoms. The van der Waals surface area contributed by atoms with Crippen molar-refractivity contribution in [1.29, 1.82) is 0 Å². The summed E-state index contributed by atoms with van der Waals surface area (Å²) < 4.78 is 12.0. The molecule has 7 rings (SSSR count). The normalized spacial score (nSPS) is 37.0. The van der Waals surface area contributed by atoms with Gasteiger partial charge >= 0.3 is 0 Å². The van der Waals surface area contributed by atoms with Crippen LogP contribution in [0.3, 0.4) is 0 Å². The van der Waals surface area contributed by atoms with E-state index in [-0.39, 0.29) is 11.5 Å². The number of likely N-dealkylation sites (tertiary alicyclic amines) is 1. The molecule has 5 nitrogen and oxygen atoms in total. The number of hydrogen-bond acceptors (Lipinski definition) is 4. The highest BCUT2D eigenvalue weighted by Crippen LogP contribution is 2.60. The zero-order valence-corrected chi connectivity index (χ0v) is 18.6. The van der Waals surface area contributed by atoms with E-state index in [9.17, 15) is 4.79 Å². The minimum Gasteiger partial charge on any atom is -0.486 e. The molecule has 2 aliphatic heterocycles. The van der Waals surface area contributed by atoms with Crippen LogP contribution in [0.4, 0.5) is 0 Å². The Balaban J connectivity index is 0.957. The van der Waals surface area contributed by atoms with Gasteiger partial charge in [0.25, 0.3) is 0 Å². The van der Waals surface area contributed by atoms with Gasteiger partial charge in [-0.1, -0.05) is 12.1 Å². The van der Waals surface area contributed by atoms with Gasteiger partial charge in [0, 0.05) is 18.5 Å². The summed E-state index contributed by atoms with van der Waals surface area (Å²) in [6.45, 7) is 4.57. The number of rotatable bonds is 5. The average Bonchev–Trinajstić information content (AvgIpc) is 2.77. The summed E-state index contributed by atoms with van der Waals surface area (Å²) in [5.74, 6) is 5.21. The van der Waals surface area contributed by atoms with Crippen molar-refractivity contribution in [2.24, 2.45) is 29.1 Å². The van der Waals surface area contributed by atoms with Gasteiger partial charge in [-0.05, 0) is 100 Å². The average molecular weight is 425 g/mol. The summed E-state index contributed by atoms with van der Waals surface area (Å²) in [7, 11) is 0. The van der Waals surface area contributed by atoms with Gasteiger partial charge in [-0.3, -0.25) is 9.69 Å². The summed E-state index contributed by atoms with van der Waals surface area (Å²) in [5.41, 5.74) is -0.00986. The van der Waals surface area contributed by atoms with Gasteiger partial charge in [-0.15, -0.1) is 0 Å². The fraction of sp³-hybridized carbons (Fsp3) is 0.731. The number of para-hydroxylation sites is 2. The van der Waals surface area contributed by atoms with Gasteiger partial charge in [0.15, 0.2) is 11.5 Å². The predicted molar refractivity (Wildman–Crippen MR) is 119 cm³/mol. The Hall–Kier alpha value is -1.75. The number of amides is 1. The zero-order valence-electron chi connectivity index (χ0n) is 18.6. The highest BCUT2D eigenvalue weighted by molar-refractivity contribution is 5.83. The number of piperidine rings is 1. The minimum atomic E-state index is -0.00986. The first-order valence-electron chi connectivity index (χ1n) is 12.5. The molecule has 1 saturated heterocycles. The van der Waals surface area contributed by atoms with Crippen LogP contribution in [-0.2, 0) is 4.79 Å². The maximum absolute atomic E-state index is 13.2. The Morgan fingerprint density at radius 2 is 1.65 bits per heavy atom. The predicted octanol–water partition coefficient (Wildman–Crippen LogP) is 3.87. The molecule has 1 atom stereocenters. The van der Waals surface area contributed by atoms with Crippen LogP contribution in [0, 0.1) is 29.1 Å². The van der Waals surface area contributed by atoms with E-state index in [1.807, 2.05) is 24.3 Å². The van der Waals surface area contributed by atoms with Gasteiger partial charge in [0.05, 0.1) is 0 Å². The fourth-order valence-corrected chi connectivity index (χ4v) is 7.63. The lowest BCUT2D eigenvalue weighted by atomic mass is 9.49. The molecule has 4 aliphatic carbocycles. The summed E-state index contributed by atoms with van der Waals surface area (Å²) in [5, 5.41) is 3.41. The molecule has 0 spiro atoms. The van der Waals surface area contributed by atoms with Gasteiger partial charge in [0.1, 0.15) is 12.7 Å². The number of hydrogen-bond donors (Lipinski definition) is 1. The van der Waals surface area contributed by atoms with Crippen LogP contribution in [0.1, 0.15) is 51.4 Å². The number of benzene rings is 1. The second-order valence-corrected chi connectivity index (χ2v) is 11.1. The number of nitrogens with zero attached hydrogens (tertiary/aromatic N) is 1. The number of carbonyl (C=O) groups excluding carboxylic acids is 1. The topological polar surface area (TPSA) is 50.8 Å². The van der Waals surface area contributed by atoms with Crippen LogP contribution in [0.2, 0.25) is 0 Å². The lowest BCUT2D eigenvalue weighted by molar-refractivity contribution is -0.146. The van der Waals surface area contributed by atoms with Crippen molar-refractivity contribution in [2.75, 3.05) is 32.8 Å². The fourth-order valence-electron chi connectivity index (χ4n) is 7.63. The first-order valence-corrected chi connectivity index (χ1v) is 12.5. The number of ether oxygens (including phenoxy) is 2. The third-order valence-corrected chi connectivity index (χ3v) is 8.81. The number of fused-ring (bicyclic) bond motifs is 1. The minimum absolute atomic E-state index is 0.00986. The Morgan fingerprint density at radius 1 is 1.00 bits per heavy atom. The molecule has 4 saturated carbocycles. The highest BCUT2D eigenvalue weighted by Gasteiger charge is 2.54. The Morgan fingerprint density at radius 3 is 2.32 bits per heavy atom. The summed E-state index contributed by atoms with van der Waals surface area (Å²) >= 11 is 0. The van der Waals surface area contributed by atoms with E-state index in [4.69, 9.17) is 9.47 Å². The van der Waals surface area contributed by atoms with Crippen LogP contribution in [0.25, 0.3) is 0 Å². The van der Waals surface area contributed by atoms with Crippen molar-refractivity contribution >= 4 is 5.91 Å². The van der Waals surface area contributed by atoms with Gasteiger partial charge in [-0.25, -0.2) is 0 Å². The van der Waals surface area contributed by atoms with E-state index in [1.165, 1.54) is 19.3 Å². The van der Waals surface area contributed by atoms with E-state index < -0.39 is 0 Å². The molecule has 4 bridgehead atoms. The van der Waals surface area contributed by atoms with Crippen molar-refractivity contribution in [2.45, 2.75) is 57.5 Å². The van der Waals surface area contributed by atoms with Crippen molar-refractivity contribution in [1.82, 2.24) is 10.2 Å². The van der Waals surface area contributed by atoms with Gasteiger partial charge in [-0.2, -0.15) is 0 Å². The first kappa shape index (κ1) is 19.9. The van der Waals surface area contributed by atoms with Crippen LogP contribution in [-0.4, -0.2) is 49.7 Å². The standard InChI is InChI=1S/C26H36N2O3/c29-25(26-12-19-9-20(13-26)11-21(10-19)14-26)27-15-18-5-7-28(8-6-18)16-22-17-30-23-3-1-2-4-24(23)31-22/h1-4,18-22H,5-17H2,(H,27,29). The third kappa shape index (κ3) is 3.94. The van der Waals surface area contributed by atoms with Crippen molar-refractivity contribution in [3.05, 3.63) is 24.3 Å². The largest absolute Gasteiger partial charge is 0.486 e. The van der Waals surface area contributed by atoms with Crippen LogP contribution < -0.4 is 14.8 Å².